The Labute approximate surface area is 131 Å². The molecule has 0 spiro atoms. The molecule has 4 heteroatoms. The maximum Gasteiger partial charge on any atom is 0.326 e. The average Bonchev–Trinajstić information content (AvgIpc) is 2.48. The molecule has 2 aromatic rings. The van der Waals surface area contributed by atoms with Gasteiger partial charge in [0.2, 0.25) is 0 Å². The van der Waals surface area contributed by atoms with Crippen LogP contribution in [0.3, 0.4) is 0 Å². The van der Waals surface area contributed by atoms with Crippen LogP contribution in [-0.2, 0) is 0 Å². The van der Waals surface area contributed by atoms with E-state index in [0.29, 0.717) is 18.0 Å². The lowest BCUT2D eigenvalue weighted by atomic mass is 10.2. The topological polar surface area (TPSA) is 41.6 Å². The van der Waals surface area contributed by atoms with Crippen molar-refractivity contribution in [3.05, 3.63) is 53.6 Å². The molecular formula is C18H22N2O2. The van der Waals surface area contributed by atoms with Gasteiger partial charge in [0.25, 0.3) is 0 Å². The molecule has 0 aliphatic heterocycles. The highest BCUT2D eigenvalue weighted by Gasteiger charge is 2.16. The molecule has 0 aliphatic rings. The summed E-state index contributed by atoms with van der Waals surface area (Å²) in [6.45, 7) is 6.53. The monoisotopic (exact) mass is 298 g/mol. The fourth-order valence-corrected chi connectivity index (χ4v) is 2.34. The zero-order valence-corrected chi connectivity index (χ0v) is 13.5. The molecule has 116 valence electrons. The summed E-state index contributed by atoms with van der Waals surface area (Å²) in [5.41, 5.74) is 3.75. The van der Waals surface area contributed by atoms with Crippen LogP contribution in [0.2, 0.25) is 0 Å². The number of benzene rings is 2. The minimum absolute atomic E-state index is 0.169. The molecule has 2 aromatic carbocycles. The van der Waals surface area contributed by atoms with Gasteiger partial charge < -0.3 is 10.1 Å². The predicted molar refractivity (Wildman–Crippen MR) is 90.9 cm³/mol. The summed E-state index contributed by atoms with van der Waals surface area (Å²) in [6, 6.07) is 13.4. The highest BCUT2D eigenvalue weighted by Crippen LogP contribution is 2.26. The van der Waals surface area contributed by atoms with E-state index < -0.39 is 0 Å². The Balaban J connectivity index is 2.25. The maximum absolute atomic E-state index is 12.6. The summed E-state index contributed by atoms with van der Waals surface area (Å²) in [6.07, 6.45) is 0. The van der Waals surface area contributed by atoms with Gasteiger partial charge >= 0.3 is 6.03 Å². The van der Waals surface area contributed by atoms with Crippen LogP contribution in [0.1, 0.15) is 18.1 Å². The molecule has 0 aromatic heterocycles. The van der Waals surface area contributed by atoms with Crippen LogP contribution in [-0.4, -0.2) is 19.7 Å². The lowest BCUT2D eigenvalue weighted by molar-refractivity contribution is 0.257. The normalized spacial score (nSPS) is 10.2. The number of nitrogens with one attached hydrogen (secondary N) is 1. The number of aryl methyl sites for hydroxylation is 2. The fourth-order valence-electron chi connectivity index (χ4n) is 2.34. The number of carbonyl (C=O) groups is 1. The van der Waals surface area contributed by atoms with Crippen LogP contribution in [0.4, 0.5) is 16.2 Å². The van der Waals surface area contributed by atoms with Crippen molar-refractivity contribution in [2.24, 2.45) is 0 Å². The number of carbonyl (C=O) groups excluding carboxylic acids is 1. The first-order valence-corrected chi connectivity index (χ1v) is 7.35. The SMILES string of the molecule is CCN(C(=O)Nc1cc(C)ccc1OC)c1cccc(C)c1. The molecule has 4 nitrogen and oxygen atoms in total. The number of ether oxygens (including phenoxy) is 1. The van der Waals surface area contributed by atoms with Gasteiger partial charge in [0.1, 0.15) is 5.75 Å². The van der Waals surface area contributed by atoms with Gasteiger partial charge in [0, 0.05) is 12.2 Å². The van der Waals surface area contributed by atoms with Gasteiger partial charge in [-0.25, -0.2) is 4.79 Å². The van der Waals surface area contributed by atoms with E-state index in [1.165, 1.54) is 0 Å². The number of hydrogen-bond donors (Lipinski definition) is 1. The highest BCUT2D eigenvalue weighted by molar-refractivity contribution is 6.02. The number of nitrogens with zero attached hydrogens (tertiary/aromatic N) is 1. The van der Waals surface area contributed by atoms with Crippen LogP contribution < -0.4 is 15.0 Å². The molecular weight excluding hydrogens is 276 g/mol. The van der Waals surface area contributed by atoms with Crippen LogP contribution in [0, 0.1) is 13.8 Å². The molecule has 0 saturated carbocycles. The van der Waals surface area contributed by atoms with Crippen molar-refractivity contribution in [1.82, 2.24) is 0 Å². The number of hydrogen-bond acceptors (Lipinski definition) is 2. The quantitative estimate of drug-likeness (QED) is 0.910. The third-order valence-corrected chi connectivity index (χ3v) is 3.47. The third-order valence-electron chi connectivity index (χ3n) is 3.47. The molecule has 0 atom stereocenters. The molecule has 0 aliphatic carbocycles. The zero-order valence-electron chi connectivity index (χ0n) is 13.5. The van der Waals surface area contributed by atoms with E-state index in [-0.39, 0.29) is 6.03 Å². The second kappa shape index (κ2) is 6.98. The van der Waals surface area contributed by atoms with Crippen LogP contribution in [0.5, 0.6) is 5.75 Å². The summed E-state index contributed by atoms with van der Waals surface area (Å²) >= 11 is 0. The first-order chi connectivity index (χ1) is 10.5. The Morgan fingerprint density at radius 2 is 1.86 bits per heavy atom. The van der Waals surface area contributed by atoms with E-state index in [2.05, 4.69) is 5.32 Å². The Kier molecular flexibility index (Phi) is 5.04. The van der Waals surface area contributed by atoms with Crippen molar-refractivity contribution < 1.29 is 9.53 Å². The summed E-state index contributed by atoms with van der Waals surface area (Å²) in [4.78, 5) is 14.3. The zero-order chi connectivity index (χ0) is 16.1. The largest absolute Gasteiger partial charge is 0.495 e. The summed E-state index contributed by atoms with van der Waals surface area (Å²) in [7, 11) is 1.60. The van der Waals surface area contributed by atoms with E-state index in [0.717, 1.165) is 16.8 Å². The lowest BCUT2D eigenvalue weighted by Gasteiger charge is -2.22. The molecule has 0 bridgehead atoms. The fraction of sp³-hybridized carbons (Fsp3) is 0.278. The molecule has 0 radical (unpaired) electrons. The molecule has 2 amide bonds. The van der Waals surface area contributed by atoms with Crippen molar-refractivity contribution in [3.63, 3.8) is 0 Å². The molecule has 0 saturated heterocycles. The third kappa shape index (κ3) is 3.58. The Morgan fingerprint density at radius 3 is 2.50 bits per heavy atom. The summed E-state index contributed by atoms with van der Waals surface area (Å²) < 4.78 is 5.31. The van der Waals surface area contributed by atoms with Gasteiger partial charge in [0.05, 0.1) is 12.8 Å². The number of rotatable bonds is 4. The standard InChI is InChI=1S/C18H22N2O2/c1-5-20(15-8-6-7-13(2)11-15)18(21)19-16-12-14(3)9-10-17(16)22-4/h6-12H,5H2,1-4H3,(H,19,21). The maximum atomic E-state index is 12.6. The number of amides is 2. The minimum Gasteiger partial charge on any atom is -0.495 e. The van der Waals surface area contributed by atoms with Crippen molar-refractivity contribution in [2.75, 3.05) is 23.9 Å². The lowest BCUT2D eigenvalue weighted by Crippen LogP contribution is -2.34. The first kappa shape index (κ1) is 15.9. The summed E-state index contributed by atoms with van der Waals surface area (Å²) in [5, 5.41) is 2.93. The Hall–Kier alpha value is -2.49. The van der Waals surface area contributed by atoms with Crippen LogP contribution in [0.15, 0.2) is 42.5 Å². The molecule has 1 N–H and O–H groups in total. The van der Waals surface area contributed by atoms with E-state index in [9.17, 15) is 4.79 Å². The van der Waals surface area contributed by atoms with Gasteiger partial charge in [0.15, 0.2) is 0 Å². The van der Waals surface area contributed by atoms with Gasteiger partial charge in [-0.05, 0) is 56.2 Å². The highest BCUT2D eigenvalue weighted by atomic mass is 16.5. The van der Waals surface area contributed by atoms with E-state index in [4.69, 9.17) is 4.74 Å². The Morgan fingerprint density at radius 1 is 1.14 bits per heavy atom. The van der Waals surface area contributed by atoms with Gasteiger partial charge in [-0.2, -0.15) is 0 Å². The average molecular weight is 298 g/mol. The first-order valence-electron chi connectivity index (χ1n) is 7.35. The number of urea groups is 1. The second-order valence-electron chi connectivity index (χ2n) is 5.22. The Bertz CT molecular complexity index is 668. The van der Waals surface area contributed by atoms with Crippen molar-refractivity contribution in [2.45, 2.75) is 20.8 Å². The van der Waals surface area contributed by atoms with Crippen LogP contribution in [0.25, 0.3) is 0 Å². The molecule has 0 fully saturated rings. The summed E-state index contributed by atoms with van der Waals surface area (Å²) in [5.74, 6) is 0.652. The van der Waals surface area contributed by atoms with Crippen molar-refractivity contribution in [3.8, 4) is 5.75 Å². The number of methoxy groups -OCH3 is 1. The van der Waals surface area contributed by atoms with Gasteiger partial charge in [-0.1, -0.05) is 18.2 Å². The minimum atomic E-state index is -0.169. The van der Waals surface area contributed by atoms with Crippen molar-refractivity contribution in [1.29, 1.82) is 0 Å². The van der Waals surface area contributed by atoms with Crippen molar-refractivity contribution >= 4 is 17.4 Å². The van der Waals surface area contributed by atoms with E-state index in [1.54, 1.807) is 12.0 Å². The molecule has 22 heavy (non-hydrogen) atoms. The van der Waals surface area contributed by atoms with Gasteiger partial charge in [-0.15, -0.1) is 0 Å². The van der Waals surface area contributed by atoms with Crippen LogP contribution >= 0.6 is 0 Å². The molecule has 0 unspecified atom stereocenters. The molecule has 0 heterocycles. The second-order valence-corrected chi connectivity index (χ2v) is 5.22. The smallest absolute Gasteiger partial charge is 0.326 e. The molecule has 2 rings (SSSR count). The van der Waals surface area contributed by atoms with E-state index >= 15 is 0 Å². The predicted octanol–water partition coefficient (Wildman–Crippen LogP) is 4.37. The van der Waals surface area contributed by atoms with E-state index in [1.807, 2.05) is 63.2 Å². The van der Waals surface area contributed by atoms with Gasteiger partial charge in [-0.3, -0.25) is 4.90 Å². The number of anilines is 2.